The summed E-state index contributed by atoms with van der Waals surface area (Å²) in [5.41, 5.74) is 1.68. The predicted octanol–water partition coefficient (Wildman–Crippen LogP) is 3.25. The van der Waals surface area contributed by atoms with Crippen molar-refractivity contribution in [2.45, 2.75) is 38.0 Å². The van der Waals surface area contributed by atoms with Crippen molar-refractivity contribution in [3.8, 4) is 11.1 Å². The maximum Gasteiger partial charge on any atom is 0.417 e. The van der Waals surface area contributed by atoms with E-state index in [1.54, 1.807) is 18.2 Å². The maximum atomic E-state index is 13.9. The van der Waals surface area contributed by atoms with Gasteiger partial charge in [-0.25, -0.2) is 0 Å². The van der Waals surface area contributed by atoms with E-state index in [1.807, 2.05) is 31.3 Å². The lowest BCUT2D eigenvalue weighted by molar-refractivity contribution is -0.138. The van der Waals surface area contributed by atoms with Gasteiger partial charge >= 0.3 is 6.18 Å². The van der Waals surface area contributed by atoms with Gasteiger partial charge in [0.25, 0.3) is 17.7 Å². The average Bonchev–Trinajstić information content (AvgIpc) is 3.67. The third-order valence-electron chi connectivity index (χ3n) is 13.7. The van der Waals surface area contributed by atoms with E-state index in [9.17, 15) is 46.7 Å². The fourth-order valence-electron chi connectivity index (χ4n) is 9.57. The minimum Gasteiger partial charge on any atom is -0.382 e. The molecule has 1 aromatic heterocycles. The van der Waals surface area contributed by atoms with E-state index in [4.69, 9.17) is 14.2 Å². The van der Waals surface area contributed by atoms with Crippen molar-refractivity contribution in [2.75, 3.05) is 134 Å². The second-order valence-electron chi connectivity index (χ2n) is 19.0. The number of carbonyl (C=O) groups excluding carboxylic acids is 6. The molecule has 23 heteroatoms. The Kier molecular flexibility index (Phi) is 18.7. The van der Waals surface area contributed by atoms with Crippen LogP contribution >= 0.6 is 0 Å². The molecule has 3 saturated heterocycles. The number of nitrogens with one attached hydrogen (secondary N) is 5. The zero-order chi connectivity index (χ0) is 53.8. The van der Waals surface area contributed by atoms with Crippen molar-refractivity contribution in [1.82, 2.24) is 35.2 Å². The summed E-state index contributed by atoms with van der Waals surface area (Å²) in [6, 6.07) is 17.9. The standard InChI is InChI=1S/C53H63F3N10O10/c1-62-16-22-65(23-17-62)43-9-8-37(31-42(43)60-49(70)39-33-59-47(69)32-40(39)53(54,55)56)36-5-2-4-35(30-36)34-64-20-18-63(19-21-64)15-13-58-45(67)12-24-74-26-28-76-29-27-75-25-14-57-41-7-3-6-38-48(41)52(73)66(51(38)72)44-10-11-46(68)61-50(44)71/h2-9,30-33,44,57H,10-29,34H2,1H3,(H,58,67)(H,59,69)(H,60,70)(H,61,68,71). The van der Waals surface area contributed by atoms with Crippen LogP contribution in [0.2, 0.25) is 0 Å². The monoisotopic (exact) mass is 1060 g/mol. The highest BCUT2D eigenvalue weighted by Gasteiger charge is 2.45. The largest absolute Gasteiger partial charge is 0.417 e. The molecule has 5 N–H and O–H groups in total. The number of alkyl halides is 3. The Bertz CT molecular complexity index is 2810. The Morgan fingerprint density at radius 2 is 1.43 bits per heavy atom. The molecule has 3 aromatic carbocycles. The van der Waals surface area contributed by atoms with Gasteiger partial charge in [-0.2, -0.15) is 13.2 Å². The number of hydrogen-bond acceptors (Lipinski definition) is 15. The number of anilines is 3. The quantitative estimate of drug-likeness (QED) is 0.0531. The summed E-state index contributed by atoms with van der Waals surface area (Å²) in [5, 5.41) is 11.0. The highest BCUT2D eigenvalue weighted by Crippen LogP contribution is 2.36. The molecule has 4 aliphatic heterocycles. The number of hydrogen-bond donors (Lipinski definition) is 5. The molecular formula is C53H63F3N10O10. The predicted molar refractivity (Wildman–Crippen MR) is 275 cm³/mol. The number of fused-ring (bicyclic) bond motifs is 1. The summed E-state index contributed by atoms with van der Waals surface area (Å²) in [7, 11) is 2.02. The number of rotatable bonds is 23. The number of piperidine rings is 1. The Morgan fingerprint density at radius 3 is 2.17 bits per heavy atom. The maximum absolute atomic E-state index is 13.9. The van der Waals surface area contributed by atoms with Crippen LogP contribution in [-0.2, 0) is 41.3 Å². The van der Waals surface area contributed by atoms with Crippen LogP contribution in [0.3, 0.4) is 0 Å². The normalized spacial score (nSPS) is 17.7. The van der Waals surface area contributed by atoms with Gasteiger partial charge < -0.3 is 44.9 Å². The van der Waals surface area contributed by atoms with Gasteiger partial charge in [-0.05, 0) is 60.5 Å². The van der Waals surface area contributed by atoms with Crippen molar-refractivity contribution in [2.24, 2.45) is 0 Å². The third-order valence-corrected chi connectivity index (χ3v) is 13.7. The summed E-state index contributed by atoms with van der Waals surface area (Å²) < 4.78 is 58.5. The Morgan fingerprint density at radius 1 is 0.737 bits per heavy atom. The summed E-state index contributed by atoms with van der Waals surface area (Å²) in [6.45, 7) is 10.3. The number of ether oxygens (including phenoxy) is 3. The van der Waals surface area contributed by atoms with Gasteiger partial charge in [0.05, 0.1) is 73.3 Å². The lowest BCUT2D eigenvalue weighted by Crippen LogP contribution is -2.54. The first-order valence-corrected chi connectivity index (χ1v) is 25.4. The number of nitrogens with zero attached hydrogens (tertiary/aromatic N) is 5. The Labute approximate surface area is 437 Å². The molecular weight excluding hydrogens is 994 g/mol. The van der Waals surface area contributed by atoms with Crippen molar-refractivity contribution < 1.29 is 56.1 Å². The molecule has 1 unspecified atom stereocenters. The molecule has 0 saturated carbocycles. The Hall–Kier alpha value is -7.02. The number of benzene rings is 3. The summed E-state index contributed by atoms with van der Waals surface area (Å²) in [4.78, 5) is 100. The molecule has 0 aliphatic carbocycles. The number of likely N-dealkylation sites (N-methyl/N-ethyl adjacent to an activating group) is 1. The first-order chi connectivity index (χ1) is 36.6. The molecule has 5 heterocycles. The molecule has 4 aromatic rings. The molecule has 0 radical (unpaired) electrons. The SMILES string of the molecule is CN1CCN(c2ccc(-c3cccc(CN4CCN(CCNC(=O)CCOCCOCCOCCNc5cccc6c5C(=O)N(C5CCC(=O)NC5=O)C6=O)CC4)c3)cc2NC(=O)c2c[nH]c(=O)cc2C(F)(F)F)CC1. The van der Waals surface area contributed by atoms with E-state index >= 15 is 0 Å². The molecule has 0 spiro atoms. The number of imide groups is 2. The number of aromatic amines is 1. The number of H-pyrrole nitrogens is 1. The number of halogens is 3. The molecule has 1 atom stereocenters. The van der Waals surface area contributed by atoms with Crippen LogP contribution in [0.1, 0.15) is 61.5 Å². The number of amides is 6. The van der Waals surface area contributed by atoms with Crippen LogP contribution in [0.15, 0.2) is 77.7 Å². The van der Waals surface area contributed by atoms with Crippen LogP contribution in [-0.4, -0.2) is 185 Å². The van der Waals surface area contributed by atoms with E-state index in [1.165, 1.54) is 6.07 Å². The first kappa shape index (κ1) is 55.2. The van der Waals surface area contributed by atoms with Gasteiger partial charge in [-0.15, -0.1) is 0 Å². The van der Waals surface area contributed by atoms with Crippen molar-refractivity contribution in [3.05, 3.63) is 111 Å². The van der Waals surface area contributed by atoms with Crippen molar-refractivity contribution in [3.63, 3.8) is 0 Å². The highest BCUT2D eigenvalue weighted by atomic mass is 19.4. The number of piperazine rings is 2. The molecule has 0 bridgehead atoms. The van der Waals surface area contributed by atoms with E-state index in [-0.39, 0.29) is 42.9 Å². The van der Waals surface area contributed by atoms with Crippen LogP contribution in [0.5, 0.6) is 0 Å². The van der Waals surface area contributed by atoms with E-state index < -0.39 is 58.4 Å². The molecule has 8 rings (SSSR count). The number of carbonyl (C=O) groups is 6. The van der Waals surface area contributed by atoms with Gasteiger partial charge in [0.1, 0.15) is 6.04 Å². The van der Waals surface area contributed by atoms with E-state index in [0.29, 0.717) is 95.4 Å². The van der Waals surface area contributed by atoms with Gasteiger partial charge in [-0.1, -0.05) is 30.3 Å². The van der Waals surface area contributed by atoms with Crippen molar-refractivity contribution in [1.29, 1.82) is 0 Å². The summed E-state index contributed by atoms with van der Waals surface area (Å²) in [6.07, 6.45) is -3.77. The zero-order valence-electron chi connectivity index (χ0n) is 42.3. The van der Waals surface area contributed by atoms with E-state index in [0.717, 1.165) is 67.1 Å². The van der Waals surface area contributed by atoms with Crippen LogP contribution < -0.4 is 31.7 Å². The Balaban J connectivity index is 0.688. The fourth-order valence-corrected chi connectivity index (χ4v) is 9.57. The molecule has 406 valence electrons. The van der Waals surface area contributed by atoms with Gasteiger partial charge in [0, 0.05) is 109 Å². The lowest BCUT2D eigenvalue weighted by atomic mass is 10.0. The molecule has 3 fully saturated rings. The second-order valence-corrected chi connectivity index (χ2v) is 19.0. The minimum atomic E-state index is -4.91. The molecule has 76 heavy (non-hydrogen) atoms. The second kappa shape index (κ2) is 25.7. The first-order valence-electron chi connectivity index (χ1n) is 25.4. The lowest BCUT2D eigenvalue weighted by Gasteiger charge is -2.35. The zero-order valence-corrected chi connectivity index (χ0v) is 42.3. The number of aromatic nitrogens is 1. The summed E-state index contributed by atoms with van der Waals surface area (Å²) in [5.74, 6) is -3.34. The molecule has 6 amide bonds. The van der Waals surface area contributed by atoms with Gasteiger partial charge in [-0.3, -0.25) is 53.6 Å². The van der Waals surface area contributed by atoms with Gasteiger partial charge in [0.2, 0.25) is 23.3 Å². The number of pyridine rings is 1. The topological polar surface area (TPSA) is 227 Å². The average molecular weight is 1060 g/mol. The highest BCUT2D eigenvalue weighted by molar-refractivity contribution is 6.25. The van der Waals surface area contributed by atoms with Crippen LogP contribution in [0.4, 0.5) is 30.2 Å². The van der Waals surface area contributed by atoms with Crippen LogP contribution in [0.25, 0.3) is 11.1 Å². The fraction of sp³-hybridized carbons (Fsp3) is 0.453. The molecule has 20 nitrogen and oxygen atoms in total. The van der Waals surface area contributed by atoms with E-state index in [2.05, 4.69) is 58.0 Å². The smallest absolute Gasteiger partial charge is 0.382 e. The third kappa shape index (κ3) is 14.3. The van der Waals surface area contributed by atoms with Gasteiger partial charge in [0.15, 0.2) is 0 Å². The minimum absolute atomic E-state index is 0.0424. The molecule has 4 aliphatic rings. The van der Waals surface area contributed by atoms with Crippen LogP contribution in [0, 0.1) is 0 Å². The summed E-state index contributed by atoms with van der Waals surface area (Å²) >= 11 is 0. The van der Waals surface area contributed by atoms with Crippen molar-refractivity contribution >= 4 is 52.5 Å².